The van der Waals surface area contributed by atoms with E-state index in [1.54, 1.807) is 11.3 Å². The molecule has 2 aromatic rings. The number of anilines is 1. The van der Waals surface area contributed by atoms with Gasteiger partial charge in [0.15, 0.2) is 0 Å². The summed E-state index contributed by atoms with van der Waals surface area (Å²) in [5, 5.41) is 1.09. The minimum atomic E-state index is -4.44. The molecule has 26 heavy (non-hydrogen) atoms. The molecule has 2 saturated heterocycles. The Morgan fingerprint density at radius 2 is 1.81 bits per heavy atom. The van der Waals surface area contributed by atoms with Crippen molar-refractivity contribution < 1.29 is 13.2 Å². The normalized spacial score (nSPS) is 23.7. The van der Waals surface area contributed by atoms with Crippen LogP contribution in [0.2, 0.25) is 0 Å². The molecule has 4 heterocycles. The SMILES string of the molecule is Cc1nc(C)c(CN2CC3CN(c4nccc(C(F)(F)F)n4)CC3C2)s1. The molecule has 2 atom stereocenters. The standard InChI is InChI=1S/C17H20F3N5S/c1-10-14(26-11(2)22-10)9-24-5-12-7-25(8-13(12)6-24)16-21-4-3-15(23-16)17(18,19)20/h3-4,12-13H,5-9H2,1-2H3. The van der Waals surface area contributed by atoms with Crippen LogP contribution in [-0.4, -0.2) is 46.0 Å². The van der Waals surface area contributed by atoms with E-state index in [9.17, 15) is 13.2 Å². The first-order valence-electron chi connectivity index (χ1n) is 8.60. The number of hydrogen-bond acceptors (Lipinski definition) is 6. The minimum absolute atomic E-state index is 0.190. The van der Waals surface area contributed by atoms with Crippen molar-refractivity contribution in [1.29, 1.82) is 0 Å². The van der Waals surface area contributed by atoms with Crippen molar-refractivity contribution in [2.24, 2.45) is 11.8 Å². The molecular weight excluding hydrogens is 363 g/mol. The first kappa shape index (κ1) is 17.7. The van der Waals surface area contributed by atoms with Gasteiger partial charge in [-0.3, -0.25) is 4.90 Å². The van der Waals surface area contributed by atoms with Gasteiger partial charge in [0.1, 0.15) is 5.69 Å². The zero-order valence-electron chi connectivity index (χ0n) is 14.6. The van der Waals surface area contributed by atoms with Gasteiger partial charge in [0, 0.05) is 43.8 Å². The van der Waals surface area contributed by atoms with Crippen molar-refractivity contribution in [1.82, 2.24) is 19.9 Å². The number of fused-ring (bicyclic) bond motifs is 1. The Balaban J connectivity index is 1.40. The lowest BCUT2D eigenvalue weighted by Gasteiger charge is -2.21. The van der Waals surface area contributed by atoms with Crippen LogP contribution < -0.4 is 4.90 Å². The monoisotopic (exact) mass is 383 g/mol. The number of rotatable bonds is 3. The van der Waals surface area contributed by atoms with E-state index in [1.807, 2.05) is 18.7 Å². The van der Waals surface area contributed by atoms with Gasteiger partial charge in [-0.2, -0.15) is 13.2 Å². The lowest BCUT2D eigenvalue weighted by molar-refractivity contribution is -0.141. The number of nitrogens with zero attached hydrogens (tertiary/aromatic N) is 5. The van der Waals surface area contributed by atoms with Gasteiger partial charge in [-0.25, -0.2) is 15.0 Å². The number of hydrogen-bond donors (Lipinski definition) is 0. The summed E-state index contributed by atoms with van der Waals surface area (Å²) in [6, 6.07) is 0.918. The molecule has 2 fully saturated rings. The fraction of sp³-hybridized carbons (Fsp3) is 0.588. The molecule has 9 heteroatoms. The summed E-state index contributed by atoms with van der Waals surface area (Å²) in [7, 11) is 0. The Morgan fingerprint density at radius 1 is 1.12 bits per heavy atom. The summed E-state index contributed by atoms with van der Waals surface area (Å²) in [6.45, 7) is 8.30. The summed E-state index contributed by atoms with van der Waals surface area (Å²) < 4.78 is 38.6. The number of thiazole rings is 1. The van der Waals surface area contributed by atoms with Crippen LogP contribution in [0.15, 0.2) is 12.3 Å². The second kappa shape index (κ2) is 6.45. The Labute approximate surface area is 153 Å². The highest BCUT2D eigenvalue weighted by Crippen LogP contribution is 2.35. The van der Waals surface area contributed by atoms with Crippen molar-refractivity contribution in [2.45, 2.75) is 26.6 Å². The maximum Gasteiger partial charge on any atom is 0.433 e. The second-order valence-electron chi connectivity index (χ2n) is 7.10. The molecule has 140 valence electrons. The molecule has 4 rings (SSSR count). The molecule has 2 aromatic heterocycles. The molecule has 0 bridgehead atoms. The third kappa shape index (κ3) is 3.42. The van der Waals surface area contributed by atoms with Crippen molar-refractivity contribution in [3.63, 3.8) is 0 Å². The lowest BCUT2D eigenvalue weighted by atomic mass is 10.0. The van der Waals surface area contributed by atoms with Gasteiger partial charge >= 0.3 is 6.18 Å². The van der Waals surface area contributed by atoms with Gasteiger partial charge in [-0.1, -0.05) is 0 Å². The molecule has 0 aliphatic carbocycles. The van der Waals surface area contributed by atoms with E-state index in [2.05, 4.69) is 19.9 Å². The molecule has 2 aliphatic rings. The maximum atomic E-state index is 12.9. The number of aromatic nitrogens is 3. The number of alkyl halides is 3. The van der Waals surface area contributed by atoms with Gasteiger partial charge in [0.2, 0.25) is 5.95 Å². The molecule has 0 amide bonds. The first-order chi connectivity index (χ1) is 12.3. The van der Waals surface area contributed by atoms with E-state index in [4.69, 9.17) is 0 Å². The fourth-order valence-electron chi connectivity index (χ4n) is 3.96. The highest BCUT2D eigenvalue weighted by molar-refractivity contribution is 7.11. The van der Waals surface area contributed by atoms with Crippen molar-refractivity contribution in [3.05, 3.63) is 33.5 Å². The molecule has 2 aliphatic heterocycles. The smallest absolute Gasteiger partial charge is 0.340 e. The largest absolute Gasteiger partial charge is 0.433 e. The quantitative estimate of drug-likeness (QED) is 0.815. The lowest BCUT2D eigenvalue weighted by Crippen LogP contribution is -2.30. The van der Waals surface area contributed by atoms with Gasteiger partial charge in [0.05, 0.1) is 10.7 Å². The zero-order chi connectivity index (χ0) is 18.5. The Hall–Kier alpha value is -1.74. The molecule has 0 saturated carbocycles. The maximum absolute atomic E-state index is 12.9. The van der Waals surface area contributed by atoms with E-state index in [0.717, 1.165) is 36.4 Å². The Morgan fingerprint density at radius 3 is 2.38 bits per heavy atom. The summed E-state index contributed by atoms with van der Waals surface area (Å²) in [4.78, 5) is 17.9. The molecule has 2 unspecified atom stereocenters. The van der Waals surface area contributed by atoms with Gasteiger partial charge < -0.3 is 4.90 Å². The van der Waals surface area contributed by atoms with Gasteiger partial charge in [0.25, 0.3) is 0 Å². The average Bonchev–Trinajstić information content (AvgIpc) is 3.20. The van der Waals surface area contributed by atoms with E-state index < -0.39 is 11.9 Å². The highest BCUT2D eigenvalue weighted by Gasteiger charge is 2.41. The van der Waals surface area contributed by atoms with E-state index in [-0.39, 0.29) is 5.95 Å². The highest BCUT2D eigenvalue weighted by atomic mass is 32.1. The van der Waals surface area contributed by atoms with E-state index in [0.29, 0.717) is 24.9 Å². The van der Waals surface area contributed by atoms with Crippen LogP contribution in [0.5, 0.6) is 0 Å². The van der Waals surface area contributed by atoms with E-state index >= 15 is 0 Å². The van der Waals surface area contributed by atoms with Crippen LogP contribution in [0, 0.1) is 25.7 Å². The van der Waals surface area contributed by atoms with Crippen molar-refractivity contribution in [3.8, 4) is 0 Å². The Bertz CT molecular complexity index is 792. The summed E-state index contributed by atoms with van der Waals surface area (Å²) in [5.74, 6) is 1.08. The molecule has 5 nitrogen and oxygen atoms in total. The van der Waals surface area contributed by atoms with Crippen LogP contribution in [0.1, 0.15) is 21.3 Å². The van der Waals surface area contributed by atoms with Crippen molar-refractivity contribution in [2.75, 3.05) is 31.1 Å². The van der Waals surface area contributed by atoms with Gasteiger partial charge in [-0.05, 0) is 31.7 Å². The molecule has 0 aromatic carbocycles. The average molecular weight is 383 g/mol. The summed E-state index contributed by atoms with van der Waals surface area (Å²) >= 11 is 1.74. The topological polar surface area (TPSA) is 45.2 Å². The van der Waals surface area contributed by atoms with Crippen molar-refractivity contribution >= 4 is 17.3 Å². The molecule has 0 N–H and O–H groups in total. The van der Waals surface area contributed by atoms with Crippen LogP contribution >= 0.6 is 11.3 Å². The van der Waals surface area contributed by atoms with Crippen LogP contribution in [0.4, 0.5) is 19.1 Å². The third-order valence-corrected chi connectivity index (χ3v) is 6.20. The van der Waals surface area contributed by atoms with Crippen LogP contribution in [-0.2, 0) is 12.7 Å². The third-order valence-electron chi connectivity index (χ3n) is 5.14. The molecular formula is C17H20F3N5S. The number of halogens is 3. The fourth-order valence-corrected chi connectivity index (χ4v) is 4.94. The number of likely N-dealkylation sites (tertiary alicyclic amines) is 1. The van der Waals surface area contributed by atoms with E-state index in [1.165, 1.54) is 11.1 Å². The molecule has 0 radical (unpaired) electrons. The summed E-state index contributed by atoms with van der Waals surface area (Å²) in [5.41, 5.74) is 0.223. The second-order valence-corrected chi connectivity index (χ2v) is 8.39. The zero-order valence-corrected chi connectivity index (χ0v) is 15.4. The molecule has 0 spiro atoms. The summed E-state index contributed by atoms with van der Waals surface area (Å²) in [6.07, 6.45) is -3.24. The predicted molar refractivity (Wildman–Crippen MR) is 93.1 cm³/mol. The van der Waals surface area contributed by atoms with Gasteiger partial charge in [-0.15, -0.1) is 11.3 Å². The van der Waals surface area contributed by atoms with Crippen LogP contribution in [0.25, 0.3) is 0 Å². The first-order valence-corrected chi connectivity index (χ1v) is 9.41. The number of aryl methyl sites for hydroxylation is 2. The predicted octanol–water partition coefficient (Wildman–Crippen LogP) is 3.14. The minimum Gasteiger partial charge on any atom is -0.340 e. The van der Waals surface area contributed by atoms with Crippen LogP contribution in [0.3, 0.4) is 0 Å². The Kier molecular flexibility index (Phi) is 4.38.